The highest BCUT2D eigenvalue weighted by Gasteiger charge is 2.21. The average Bonchev–Trinajstić information content (AvgIpc) is 2.70. The lowest BCUT2D eigenvalue weighted by Gasteiger charge is -2.20. The molecule has 94 valence electrons. The highest BCUT2D eigenvalue weighted by atomic mass is 16.6. The van der Waals surface area contributed by atoms with E-state index in [9.17, 15) is 5.11 Å². The minimum atomic E-state index is 0.0327. The molecule has 1 aromatic carbocycles. The van der Waals surface area contributed by atoms with Gasteiger partial charge in [-0.2, -0.15) is 5.10 Å². The van der Waals surface area contributed by atoms with Crippen LogP contribution in [-0.4, -0.2) is 28.1 Å². The van der Waals surface area contributed by atoms with E-state index in [1.807, 2.05) is 0 Å². The number of anilines is 1. The van der Waals surface area contributed by atoms with Crippen molar-refractivity contribution in [3.8, 4) is 28.5 Å². The Bertz CT molecular complexity index is 587. The Balaban J connectivity index is 2.13. The molecule has 2 heterocycles. The zero-order valence-electron chi connectivity index (χ0n) is 9.88. The van der Waals surface area contributed by atoms with Crippen LogP contribution in [0, 0.1) is 0 Å². The number of aryl methyl sites for hydroxylation is 1. The first-order chi connectivity index (χ1) is 8.66. The van der Waals surface area contributed by atoms with Gasteiger partial charge in [-0.25, -0.2) is 0 Å². The fourth-order valence-electron chi connectivity index (χ4n) is 1.92. The largest absolute Gasteiger partial charge is 0.504 e. The van der Waals surface area contributed by atoms with Gasteiger partial charge in [0.15, 0.2) is 11.5 Å². The topological polar surface area (TPSA) is 82.5 Å². The van der Waals surface area contributed by atoms with Crippen molar-refractivity contribution in [3.63, 3.8) is 0 Å². The molecule has 0 bridgehead atoms. The number of hydrogen-bond acceptors (Lipinski definition) is 5. The third-order valence-electron chi connectivity index (χ3n) is 2.87. The van der Waals surface area contributed by atoms with Crippen LogP contribution in [0.1, 0.15) is 0 Å². The van der Waals surface area contributed by atoms with Gasteiger partial charge in [0.25, 0.3) is 0 Å². The number of phenolic OH excluding ortho intramolecular Hbond substituents is 1. The Morgan fingerprint density at radius 1 is 1.33 bits per heavy atom. The van der Waals surface area contributed by atoms with E-state index in [-0.39, 0.29) is 5.75 Å². The molecule has 0 fully saturated rings. The van der Waals surface area contributed by atoms with Crippen LogP contribution >= 0.6 is 0 Å². The smallest absolute Gasteiger partial charge is 0.204 e. The molecule has 0 saturated heterocycles. The first kappa shape index (κ1) is 10.8. The van der Waals surface area contributed by atoms with Gasteiger partial charge in [0.2, 0.25) is 5.75 Å². The number of aromatic hydroxyl groups is 1. The van der Waals surface area contributed by atoms with E-state index in [0.29, 0.717) is 41.8 Å². The molecule has 2 aromatic rings. The quantitative estimate of drug-likeness (QED) is 0.789. The molecule has 3 N–H and O–H groups in total. The molecule has 6 nitrogen and oxygen atoms in total. The summed E-state index contributed by atoms with van der Waals surface area (Å²) in [6.07, 6.45) is 0. The van der Waals surface area contributed by atoms with E-state index in [0.717, 1.165) is 0 Å². The van der Waals surface area contributed by atoms with Crippen molar-refractivity contribution in [3.05, 3.63) is 18.2 Å². The predicted octanol–water partition coefficient (Wildman–Crippen LogP) is 1.15. The molecule has 0 radical (unpaired) electrons. The number of hydrogen-bond donors (Lipinski definition) is 2. The number of nitrogen functional groups attached to an aromatic ring is 1. The Morgan fingerprint density at radius 2 is 2.11 bits per heavy atom. The monoisotopic (exact) mass is 247 g/mol. The van der Waals surface area contributed by atoms with Crippen LogP contribution in [0.25, 0.3) is 11.3 Å². The molecule has 0 amide bonds. The van der Waals surface area contributed by atoms with Crippen LogP contribution in [0.3, 0.4) is 0 Å². The van der Waals surface area contributed by atoms with Crippen LogP contribution < -0.4 is 15.2 Å². The molecule has 0 unspecified atom stereocenters. The van der Waals surface area contributed by atoms with E-state index in [2.05, 4.69) is 5.10 Å². The van der Waals surface area contributed by atoms with Gasteiger partial charge >= 0.3 is 0 Å². The van der Waals surface area contributed by atoms with Gasteiger partial charge in [-0.1, -0.05) is 0 Å². The third kappa shape index (κ3) is 1.54. The SMILES string of the molecule is Cn1nc(-c2ccc3c(c2O)OCCO3)cc1N. The van der Waals surface area contributed by atoms with Gasteiger partial charge < -0.3 is 20.3 Å². The number of nitrogens with zero attached hydrogens (tertiary/aromatic N) is 2. The maximum atomic E-state index is 10.2. The van der Waals surface area contributed by atoms with Crippen LogP contribution in [-0.2, 0) is 7.05 Å². The molecular weight excluding hydrogens is 234 g/mol. The number of nitrogens with two attached hydrogens (primary N) is 1. The summed E-state index contributed by atoms with van der Waals surface area (Å²) < 4.78 is 12.3. The van der Waals surface area contributed by atoms with Crippen molar-refractivity contribution in [1.82, 2.24) is 9.78 Å². The average molecular weight is 247 g/mol. The van der Waals surface area contributed by atoms with Crippen molar-refractivity contribution in [2.24, 2.45) is 7.05 Å². The van der Waals surface area contributed by atoms with Gasteiger partial charge in [0.1, 0.15) is 19.0 Å². The van der Waals surface area contributed by atoms with Crippen molar-refractivity contribution in [1.29, 1.82) is 0 Å². The summed E-state index contributed by atoms with van der Waals surface area (Å²) in [5.41, 5.74) is 6.91. The molecule has 0 atom stereocenters. The van der Waals surface area contributed by atoms with E-state index < -0.39 is 0 Å². The Hall–Kier alpha value is -2.37. The van der Waals surface area contributed by atoms with Crippen molar-refractivity contribution in [2.45, 2.75) is 0 Å². The number of phenols is 1. The minimum absolute atomic E-state index is 0.0327. The molecule has 1 aliphatic heterocycles. The minimum Gasteiger partial charge on any atom is -0.504 e. The Morgan fingerprint density at radius 3 is 2.83 bits per heavy atom. The first-order valence-electron chi connectivity index (χ1n) is 5.58. The summed E-state index contributed by atoms with van der Waals surface area (Å²) in [6.45, 7) is 0.913. The van der Waals surface area contributed by atoms with Crippen molar-refractivity contribution >= 4 is 5.82 Å². The Labute approximate surface area is 104 Å². The highest BCUT2D eigenvalue weighted by molar-refractivity contribution is 5.74. The molecule has 0 spiro atoms. The van der Waals surface area contributed by atoms with Gasteiger partial charge in [-0.15, -0.1) is 0 Å². The van der Waals surface area contributed by atoms with Gasteiger partial charge in [-0.05, 0) is 12.1 Å². The second-order valence-electron chi connectivity index (χ2n) is 4.06. The zero-order valence-corrected chi connectivity index (χ0v) is 9.88. The lowest BCUT2D eigenvalue weighted by Crippen LogP contribution is -2.15. The predicted molar refractivity (Wildman–Crippen MR) is 65.7 cm³/mol. The van der Waals surface area contributed by atoms with E-state index in [1.54, 1.807) is 29.9 Å². The number of aromatic nitrogens is 2. The molecule has 1 aromatic heterocycles. The van der Waals surface area contributed by atoms with Crippen molar-refractivity contribution in [2.75, 3.05) is 18.9 Å². The highest BCUT2D eigenvalue weighted by Crippen LogP contribution is 2.44. The van der Waals surface area contributed by atoms with Crippen molar-refractivity contribution < 1.29 is 14.6 Å². The van der Waals surface area contributed by atoms with E-state index in [4.69, 9.17) is 15.2 Å². The number of rotatable bonds is 1. The molecular formula is C12H13N3O3. The number of ether oxygens (including phenoxy) is 2. The van der Waals surface area contributed by atoms with Gasteiger partial charge in [0, 0.05) is 18.7 Å². The zero-order chi connectivity index (χ0) is 12.7. The fourth-order valence-corrected chi connectivity index (χ4v) is 1.92. The molecule has 1 aliphatic rings. The second kappa shape index (κ2) is 3.83. The lowest BCUT2D eigenvalue weighted by atomic mass is 10.1. The molecule has 0 aliphatic carbocycles. The summed E-state index contributed by atoms with van der Waals surface area (Å²) in [7, 11) is 1.74. The van der Waals surface area contributed by atoms with Crippen LogP contribution in [0.2, 0.25) is 0 Å². The summed E-state index contributed by atoms with van der Waals surface area (Å²) in [5.74, 6) is 1.47. The normalized spacial score (nSPS) is 13.6. The van der Waals surface area contributed by atoms with Gasteiger partial charge in [-0.3, -0.25) is 4.68 Å². The molecule has 3 rings (SSSR count). The van der Waals surface area contributed by atoms with Crippen LogP contribution in [0.15, 0.2) is 18.2 Å². The molecule has 6 heteroatoms. The number of benzene rings is 1. The van der Waals surface area contributed by atoms with Crippen LogP contribution in [0.5, 0.6) is 17.2 Å². The molecule has 0 saturated carbocycles. The summed E-state index contributed by atoms with van der Waals surface area (Å²) in [6, 6.07) is 5.20. The second-order valence-corrected chi connectivity index (χ2v) is 4.06. The number of fused-ring (bicyclic) bond motifs is 1. The molecule has 18 heavy (non-hydrogen) atoms. The maximum Gasteiger partial charge on any atom is 0.204 e. The van der Waals surface area contributed by atoms with Crippen LogP contribution in [0.4, 0.5) is 5.82 Å². The fraction of sp³-hybridized carbons (Fsp3) is 0.250. The summed E-state index contributed by atoms with van der Waals surface area (Å²) in [4.78, 5) is 0. The lowest BCUT2D eigenvalue weighted by molar-refractivity contribution is 0.166. The Kier molecular flexibility index (Phi) is 2.29. The standard InChI is InChI=1S/C12H13N3O3/c1-15-10(13)6-8(14-15)7-2-3-9-12(11(7)16)18-5-4-17-9/h2-3,6,16H,4-5,13H2,1H3. The first-order valence-corrected chi connectivity index (χ1v) is 5.58. The van der Waals surface area contributed by atoms with E-state index >= 15 is 0 Å². The third-order valence-corrected chi connectivity index (χ3v) is 2.87. The van der Waals surface area contributed by atoms with Gasteiger partial charge in [0.05, 0.1) is 5.69 Å². The van der Waals surface area contributed by atoms with E-state index in [1.165, 1.54) is 0 Å². The summed E-state index contributed by atoms with van der Waals surface area (Å²) >= 11 is 0. The summed E-state index contributed by atoms with van der Waals surface area (Å²) in [5, 5.41) is 14.4. The maximum absolute atomic E-state index is 10.2.